The van der Waals surface area contributed by atoms with Crippen LogP contribution >= 0.6 is 0 Å². The summed E-state index contributed by atoms with van der Waals surface area (Å²) in [6.45, 7) is 4.75. The molecule has 3 nitrogen and oxygen atoms in total. The maximum atomic E-state index is 3.23. The molecule has 2 aromatic heterocycles. The van der Waals surface area contributed by atoms with E-state index in [4.69, 9.17) is 0 Å². The molecule has 6 aromatic rings. The Morgan fingerprint density at radius 3 is 2.31 bits per heavy atom. The van der Waals surface area contributed by atoms with Gasteiger partial charge in [-0.05, 0) is 156 Å². The third kappa shape index (κ3) is 5.01. The van der Waals surface area contributed by atoms with Crippen molar-refractivity contribution in [1.82, 2.24) is 9.55 Å². The Labute approximate surface area is 307 Å². The minimum atomic E-state index is -0.0548. The van der Waals surface area contributed by atoms with Crippen LogP contribution in [0.5, 0.6) is 0 Å². The molecule has 0 saturated heterocycles. The molecule has 256 valence electrons. The fourth-order valence-electron chi connectivity index (χ4n) is 9.52. The molecule has 0 fully saturated rings. The second-order valence-electron chi connectivity index (χ2n) is 15.6. The van der Waals surface area contributed by atoms with E-state index in [0.29, 0.717) is 0 Å². The number of aryl methyl sites for hydroxylation is 1. The number of aromatic nitrogens is 2. The first-order valence-electron chi connectivity index (χ1n) is 19.2. The normalized spacial score (nSPS) is 17.2. The van der Waals surface area contributed by atoms with E-state index in [9.17, 15) is 0 Å². The predicted octanol–water partition coefficient (Wildman–Crippen LogP) is 12.9. The van der Waals surface area contributed by atoms with E-state index in [-0.39, 0.29) is 5.41 Å². The first kappa shape index (κ1) is 31.2. The van der Waals surface area contributed by atoms with Gasteiger partial charge in [-0.25, -0.2) is 0 Å². The van der Waals surface area contributed by atoms with Gasteiger partial charge in [0.15, 0.2) is 0 Å². The monoisotopic (exact) mass is 675 g/mol. The van der Waals surface area contributed by atoms with Crippen LogP contribution in [0.3, 0.4) is 0 Å². The molecule has 4 aliphatic carbocycles. The van der Waals surface area contributed by atoms with Gasteiger partial charge in [-0.15, -0.1) is 0 Å². The van der Waals surface area contributed by atoms with Crippen LogP contribution in [0.25, 0.3) is 44.4 Å². The average Bonchev–Trinajstić information content (AvgIpc) is 3.91. The van der Waals surface area contributed by atoms with E-state index in [1.807, 2.05) is 6.20 Å². The Morgan fingerprint density at radius 1 is 0.673 bits per heavy atom. The van der Waals surface area contributed by atoms with Crippen molar-refractivity contribution in [3.05, 3.63) is 167 Å². The lowest BCUT2D eigenvalue weighted by atomic mass is 9.82. The number of fused-ring (bicyclic) bond motifs is 6. The van der Waals surface area contributed by atoms with Crippen LogP contribution in [0.1, 0.15) is 80.3 Å². The van der Waals surface area contributed by atoms with Gasteiger partial charge < -0.3 is 14.5 Å². The number of aromatic amines is 1. The van der Waals surface area contributed by atoms with Gasteiger partial charge in [0.1, 0.15) is 0 Å². The molecule has 0 bridgehead atoms. The highest BCUT2D eigenvalue weighted by Gasteiger charge is 2.36. The maximum absolute atomic E-state index is 3.23. The van der Waals surface area contributed by atoms with Crippen molar-refractivity contribution in [2.24, 2.45) is 0 Å². The summed E-state index contributed by atoms with van der Waals surface area (Å²) in [4.78, 5) is 5.73. The minimum absolute atomic E-state index is 0.0548. The Morgan fingerprint density at radius 2 is 1.50 bits per heavy atom. The van der Waals surface area contributed by atoms with Crippen molar-refractivity contribution in [3.63, 3.8) is 0 Å². The number of hydrogen-bond donors (Lipinski definition) is 1. The summed E-state index contributed by atoms with van der Waals surface area (Å²) >= 11 is 0. The Hall–Kier alpha value is -5.54. The Kier molecular flexibility index (Phi) is 7.39. The van der Waals surface area contributed by atoms with Gasteiger partial charge in [-0.1, -0.05) is 80.6 Å². The fraction of sp³-hybridized carbons (Fsp3) is 0.224. The van der Waals surface area contributed by atoms with Crippen LogP contribution in [-0.4, -0.2) is 9.55 Å². The Bertz CT molecular complexity index is 2480. The van der Waals surface area contributed by atoms with E-state index >= 15 is 0 Å². The highest BCUT2D eigenvalue weighted by molar-refractivity contribution is 5.93. The van der Waals surface area contributed by atoms with Crippen LogP contribution in [0.2, 0.25) is 0 Å². The van der Waals surface area contributed by atoms with Gasteiger partial charge in [0.05, 0.1) is 5.52 Å². The fourth-order valence-corrected chi connectivity index (χ4v) is 9.52. The second kappa shape index (κ2) is 12.3. The van der Waals surface area contributed by atoms with Crippen LogP contribution in [0, 0.1) is 0 Å². The number of anilines is 2. The summed E-state index contributed by atoms with van der Waals surface area (Å²) in [7, 11) is 0. The van der Waals surface area contributed by atoms with E-state index in [2.05, 4.69) is 156 Å². The molecule has 4 aromatic carbocycles. The summed E-state index contributed by atoms with van der Waals surface area (Å²) in [6, 6.07) is 34.8. The SMILES string of the molecule is CC1(C)c2ccccc2-c2ccc(N(C3=CC=C(c4cc[nH]c4)CC3)c3ccc(-c4ccc5c(c4)c4c(n5C5=CC=CCC5)CCCC4)cc3)cc21. The summed E-state index contributed by atoms with van der Waals surface area (Å²) < 4.78 is 2.60. The second-order valence-corrected chi connectivity index (χ2v) is 15.6. The highest BCUT2D eigenvalue weighted by atomic mass is 15.1. The van der Waals surface area contributed by atoms with Gasteiger partial charge in [0.25, 0.3) is 0 Å². The van der Waals surface area contributed by atoms with Crippen LogP contribution in [-0.2, 0) is 18.3 Å². The van der Waals surface area contributed by atoms with Crippen molar-refractivity contribution in [3.8, 4) is 22.3 Å². The summed E-state index contributed by atoms with van der Waals surface area (Å²) in [5, 5.41) is 1.44. The van der Waals surface area contributed by atoms with E-state index in [1.54, 1.807) is 11.3 Å². The van der Waals surface area contributed by atoms with E-state index < -0.39 is 0 Å². The number of allylic oxidation sites excluding steroid dienone is 8. The molecule has 0 aliphatic heterocycles. The zero-order chi connectivity index (χ0) is 34.8. The summed E-state index contributed by atoms with van der Waals surface area (Å²) in [6.07, 6.45) is 24.8. The quantitative estimate of drug-likeness (QED) is 0.187. The topological polar surface area (TPSA) is 24.0 Å². The molecule has 0 radical (unpaired) electrons. The Balaban J connectivity index is 1.05. The summed E-state index contributed by atoms with van der Waals surface area (Å²) in [5.74, 6) is 0. The summed E-state index contributed by atoms with van der Waals surface area (Å²) in [5.41, 5.74) is 20.4. The molecule has 4 aliphatic rings. The lowest BCUT2D eigenvalue weighted by Gasteiger charge is -2.31. The van der Waals surface area contributed by atoms with E-state index in [1.165, 1.54) is 104 Å². The minimum Gasteiger partial charge on any atom is -0.367 e. The number of H-pyrrole nitrogens is 1. The molecule has 0 saturated carbocycles. The van der Waals surface area contributed by atoms with Gasteiger partial charge in [-0.2, -0.15) is 0 Å². The lowest BCUT2D eigenvalue weighted by molar-refractivity contribution is 0.660. The van der Waals surface area contributed by atoms with Crippen LogP contribution in [0.4, 0.5) is 11.4 Å². The molecule has 1 N–H and O–H groups in total. The van der Waals surface area contributed by atoms with Crippen molar-refractivity contribution in [2.45, 2.75) is 70.6 Å². The number of rotatable bonds is 6. The maximum Gasteiger partial charge on any atom is 0.0531 e. The van der Waals surface area contributed by atoms with Crippen molar-refractivity contribution >= 4 is 33.5 Å². The first-order valence-corrected chi connectivity index (χ1v) is 19.2. The van der Waals surface area contributed by atoms with Gasteiger partial charge in [-0.3, -0.25) is 0 Å². The number of nitrogens with one attached hydrogen (secondary N) is 1. The molecule has 3 heteroatoms. The average molecular weight is 676 g/mol. The molecule has 10 rings (SSSR count). The first-order chi connectivity index (χ1) is 25.5. The molecule has 52 heavy (non-hydrogen) atoms. The number of benzene rings is 4. The number of nitrogens with zero attached hydrogens (tertiary/aromatic N) is 2. The molecule has 2 heterocycles. The highest BCUT2D eigenvalue weighted by Crippen LogP contribution is 2.50. The van der Waals surface area contributed by atoms with Gasteiger partial charge >= 0.3 is 0 Å². The van der Waals surface area contributed by atoms with Gasteiger partial charge in [0, 0.05) is 51.7 Å². The third-order valence-corrected chi connectivity index (χ3v) is 12.2. The molecule has 0 spiro atoms. The predicted molar refractivity (Wildman–Crippen MR) is 219 cm³/mol. The third-order valence-electron chi connectivity index (χ3n) is 12.2. The smallest absolute Gasteiger partial charge is 0.0531 e. The van der Waals surface area contributed by atoms with Crippen molar-refractivity contribution < 1.29 is 0 Å². The largest absolute Gasteiger partial charge is 0.367 e. The van der Waals surface area contributed by atoms with Crippen LogP contribution < -0.4 is 4.90 Å². The molecule has 0 unspecified atom stereocenters. The molecular weight excluding hydrogens is 631 g/mol. The molecule has 0 amide bonds. The van der Waals surface area contributed by atoms with E-state index in [0.717, 1.165) is 25.7 Å². The van der Waals surface area contributed by atoms with Gasteiger partial charge in [0.2, 0.25) is 0 Å². The zero-order valence-corrected chi connectivity index (χ0v) is 30.3. The van der Waals surface area contributed by atoms with Crippen molar-refractivity contribution in [1.29, 1.82) is 0 Å². The molecular formula is C49H45N3. The van der Waals surface area contributed by atoms with Crippen LogP contribution in [0.15, 0.2) is 139 Å². The van der Waals surface area contributed by atoms with Crippen molar-refractivity contribution in [2.75, 3.05) is 4.90 Å². The zero-order valence-electron chi connectivity index (χ0n) is 30.3. The standard InChI is InChI=1S/C49H45N3/c1-49(2)45-14-8-6-12-41(45)42-26-25-40(31-46(42)49)51(39-23-18-34(19-24-39)36-28-29-50-32-36)38-21-16-33(17-22-38)35-20-27-48-44(30-35)43-13-7-9-15-47(43)52(48)37-10-4-3-5-11-37/h3-4,6,8,10,12,14,16-18,20-23,25-32,50H,5,7,9,11,13,15,19,24H2,1-2H3. The number of hydrogen-bond acceptors (Lipinski definition) is 1. The lowest BCUT2D eigenvalue weighted by Crippen LogP contribution is -2.20. The molecule has 0 atom stereocenters.